The highest BCUT2D eigenvalue weighted by atomic mass is 16.5. The second-order valence-electron chi connectivity index (χ2n) is 6.82. The van der Waals surface area contributed by atoms with Crippen LogP contribution in [0.2, 0.25) is 0 Å². The van der Waals surface area contributed by atoms with Crippen LogP contribution in [0.4, 0.5) is 5.69 Å². The molecule has 5 nitrogen and oxygen atoms in total. The summed E-state index contributed by atoms with van der Waals surface area (Å²) in [5.41, 5.74) is 2.44. The summed E-state index contributed by atoms with van der Waals surface area (Å²) >= 11 is 0. The van der Waals surface area contributed by atoms with Crippen molar-refractivity contribution >= 4 is 11.6 Å². The maximum Gasteiger partial charge on any atom is 0.258 e. The first-order valence-electron chi connectivity index (χ1n) is 9.38. The topological polar surface area (TPSA) is 50.8 Å². The fraction of sp³-hybridized carbons (Fsp3) is 0.318. The zero-order valence-electron chi connectivity index (χ0n) is 15.3. The molecule has 1 N–H and O–H groups in total. The zero-order valence-corrected chi connectivity index (χ0v) is 15.3. The fourth-order valence-electron chi connectivity index (χ4n) is 3.66. The SMILES string of the molecule is C=CCN1C(=O)c2ccccc2NC1c1ccccc1OCC1CCCO1. The Hall–Kier alpha value is -2.79. The van der Waals surface area contributed by atoms with Crippen LogP contribution >= 0.6 is 0 Å². The Morgan fingerprint density at radius 1 is 1.22 bits per heavy atom. The Morgan fingerprint density at radius 2 is 2.04 bits per heavy atom. The predicted molar refractivity (Wildman–Crippen MR) is 105 cm³/mol. The molecule has 0 saturated carbocycles. The second-order valence-corrected chi connectivity index (χ2v) is 6.82. The van der Waals surface area contributed by atoms with Crippen molar-refractivity contribution in [2.45, 2.75) is 25.1 Å². The van der Waals surface area contributed by atoms with E-state index in [4.69, 9.17) is 9.47 Å². The Balaban J connectivity index is 1.64. The van der Waals surface area contributed by atoms with Crippen molar-refractivity contribution in [1.82, 2.24) is 4.90 Å². The number of hydrogen-bond acceptors (Lipinski definition) is 4. The lowest BCUT2D eigenvalue weighted by molar-refractivity contribution is 0.0646. The number of ether oxygens (including phenoxy) is 2. The fourth-order valence-corrected chi connectivity index (χ4v) is 3.66. The molecule has 2 aromatic rings. The van der Waals surface area contributed by atoms with Gasteiger partial charge in [0.15, 0.2) is 0 Å². The van der Waals surface area contributed by atoms with Crippen LogP contribution in [-0.2, 0) is 4.74 Å². The van der Waals surface area contributed by atoms with E-state index in [1.165, 1.54) is 0 Å². The summed E-state index contributed by atoms with van der Waals surface area (Å²) in [6, 6.07) is 15.4. The molecule has 1 amide bonds. The number of anilines is 1. The van der Waals surface area contributed by atoms with E-state index in [1.54, 1.807) is 11.0 Å². The van der Waals surface area contributed by atoms with Crippen LogP contribution in [-0.4, -0.2) is 36.7 Å². The molecule has 140 valence electrons. The van der Waals surface area contributed by atoms with Gasteiger partial charge in [-0.1, -0.05) is 36.4 Å². The maximum absolute atomic E-state index is 13.0. The molecule has 0 spiro atoms. The number of benzene rings is 2. The standard InChI is InChI=1S/C22H24N2O3/c1-2-13-24-21(23-19-11-5-3-9-17(19)22(24)25)18-10-4-6-12-20(18)27-15-16-8-7-14-26-16/h2-6,9-12,16,21,23H,1,7-8,13-15H2. The minimum absolute atomic E-state index is 0.0109. The third-order valence-electron chi connectivity index (χ3n) is 5.01. The van der Waals surface area contributed by atoms with Gasteiger partial charge >= 0.3 is 0 Å². The molecule has 2 unspecified atom stereocenters. The first-order valence-corrected chi connectivity index (χ1v) is 9.38. The summed E-state index contributed by atoms with van der Waals surface area (Å²) in [5.74, 6) is 0.759. The van der Waals surface area contributed by atoms with E-state index in [-0.39, 0.29) is 18.2 Å². The average Bonchev–Trinajstić information content (AvgIpc) is 3.22. The van der Waals surface area contributed by atoms with Gasteiger partial charge in [0.2, 0.25) is 0 Å². The van der Waals surface area contributed by atoms with Crippen molar-refractivity contribution in [3.05, 3.63) is 72.3 Å². The number of nitrogens with one attached hydrogen (secondary N) is 1. The van der Waals surface area contributed by atoms with Gasteiger partial charge in [-0.2, -0.15) is 0 Å². The molecule has 4 rings (SSSR count). The predicted octanol–water partition coefficient (Wildman–Crippen LogP) is 4.00. The summed E-state index contributed by atoms with van der Waals surface area (Å²) < 4.78 is 11.8. The number of nitrogens with zero attached hydrogens (tertiary/aromatic N) is 1. The molecular weight excluding hydrogens is 340 g/mol. The summed E-state index contributed by atoms with van der Waals surface area (Å²) in [6.45, 7) is 5.59. The van der Waals surface area contributed by atoms with Crippen molar-refractivity contribution < 1.29 is 14.3 Å². The minimum Gasteiger partial charge on any atom is -0.490 e. The quantitative estimate of drug-likeness (QED) is 0.787. The number of carbonyl (C=O) groups is 1. The van der Waals surface area contributed by atoms with Crippen LogP contribution in [0, 0.1) is 0 Å². The summed E-state index contributed by atoms with van der Waals surface area (Å²) in [5, 5.41) is 3.49. The lowest BCUT2D eigenvalue weighted by atomic mass is 10.0. The number of fused-ring (bicyclic) bond motifs is 1. The van der Waals surface area contributed by atoms with Crippen molar-refractivity contribution in [2.75, 3.05) is 25.1 Å². The number of para-hydroxylation sites is 2. The van der Waals surface area contributed by atoms with E-state index in [0.29, 0.717) is 18.7 Å². The summed E-state index contributed by atoms with van der Waals surface area (Å²) in [7, 11) is 0. The Morgan fingerprint density at radius 3 is 2.85 bits per heavy atom. The second kappa shape index (κ2) is 7.84. The lowest BCUT2D eigenvalue weighted by Crippen LogP contribution is -2.43. The van der Waals surface area contributed by atoms with E-state index in [2.05, 4.69) is 11.9 Å². The highest BCUT2D eigenvalue weighted by Gasteiger charge is 2.33. The molecular formula is C22H24N2O3. The normalized spacial score (nSPS) is 21.5. The Labute approximate surface area is 159 Å². The molecule has 2 aliphatic rings. The highest BCUT2D eigenvalue weighted by molar-refractivity contribution is 6.01. The molecule has 1 fully saturated rings. The lowest BCUT2D eigenvalue weighted by Gasteiger charge is -2.38. The van der Waals surface area contributed by atoms with Gasteiger partial charge in [0, 0.05) is 24.4 Å². The molecule has 2 aromatic carbocycles. The summed E-state index contributed by atoms with van der Waals surface area (Å²) in [6.07, 6.45) is 3.68. The number of amides is 1. The molecule has 0 aliphatic carbocycles. The highest BCUT2D eigenvalue weighted by Crippen LogP contribution is 2.36. The molecule has 1 saturated heterocycles. The maximum atomic E-state index is 13.0. The van der Waals surface area contributed by atoms with Crippen LogP contribution in [0.1, 0.15) is 34.9 Å². The smallest absolute Gasteiger partial charge is 0.258 e. The van der Waals surface area contributed by atoms with Gasteiger partial charge in [-0.3, -0.25) is 4.79 Å². The van der Waals surface area contributed by atoms with E-state index in [1.807, 2.05) is 48.5 Å². The average molecular weight is 364 g/mol. The number of hydrogen-bond donors (Lipinski definition) is 1. The van der Waals surface area contributed by atoms with Crippen molar-refractivity contribution in [3.8, 4) is 5.75 Å². The Kier molecular flexibility index (Phi) is 5.12. The molecule has 0 radical (unpaired) electrons. The van der Waals surface area contributed by atoms with Gasteiger partial charge in [0.05, 0.1) is 11.7 Å². The third kappa shape index (κ3) is 3.55. The zero-order chi connectivity index (χ0) is 18.6. The molecule has 5 heteroatoms. The first kappa shape index (κ1) is 17.6. The monoisotopic (exact) mass is 364 g/mol. The molecule has 27 heavy (non-hydrogen) atoms. The van der Waals surface area contributed by atoms with E-state index in [0.717, 1.165) is 36.4 Å². The molecule has 2 heterocycles. The first-order chi connectivity index (χ1) is 13.3. The number of rotatable bonds is 6. The van der Waals surface area contributed by atoms with Crippen LogP contribution in [0.5, 0.6) is 5.75 Å². The van der Waals surface area contributed by atoms with E-state index >= 15 is 0 Å². The van der Waals surface area contributed by atoms with Crippen LogP contribution in [0.25, 0.3) is 0 Å². The number of carbonyl (C=O) groups excluding carboxylic acids is 1. The molecule has 2 atom stereocenters. The van der Waals surface area contributed by atoms with Crippen LogP contribution in [0.15, 0.2) is 61.2 Å². The van der Waals surface area contributed by atoms with Crippen molar-refractivity contribution in [3.63, 3.8) is 0 Å². The largest absolute Gasteiger partial charge is 0.490 e. The van der Waals surface area contributed by atoms with E-state index in [9.17, 15) is 4.79 Å². The van der Waals surface area contributed by atoms with Gasteiger partial charge in [0.1, 0.15) is 18.5 Å². The Bertz CT molecular complexity index is 830. The van der Waals surface area contributed by atoms with Crippen LogP contribution in [0.3, 0.4) is 0 Å². The van der Waals surface area contributed by atoms with Crippen LogP contribution < -0.4 is 10.1 Å². The molecule has 0 aromatic heterocycles. The van der Waals surface area contributed by atoms with Crippen molar-refractivity contribution in [1.29, 1.82) is 0 Å². The van der Waals surface area contributed by atoms with Gasteiger partial charge < -0.3 is 19.7 Å². The summed E-state index contributed by atoms with van der Waals surface area (Å²) in [4.78, 5) is 14.8. The van der Waals surface area contributed by atoms with Gasteiger partial charge in [-0.05, 0) is 31.0 Å². The minimum atomic E-state index is -0.314. The van der Waals surface area contributed by atoms with Gasteiger partial charge in [-0.15, -0.1) is 6.58 Å². The van der Waals surface area contributed by atoms with Gasteiger partial charge in [-0.25, -0.2) is 0 Å². The molecule has 2 aliphatic heterocycles. The molecule has 0 bridgehead atoms. The van der Waals surface area contributed by atoms with Gasteiger partial charge in [0.25, 0.3) is 5.91 Å². The van der Waals surface area contributed by atoms with Crippen molar-refractivity contribution in [2.24, 2.45) is 0 Å². The third-order valence-corrected chi connectivity index (χ3v) is 5.01. The van der Waals surface area contributed by atoms with E-state index < -0.39 is 0 Å².